The molecule has 0 bridgehead atoms. The zero-order valence-electron chi connectivity index (χ0n) is 11.8. The van der Waals surface area contributed by atoms with E-state index in [-0.39, 0.29) is 0 Å². The van der Waals surface area contributed by atoms with E-state index in [9.17, 15) is 0 Å². The molecule has 0 amide bonds. The van der Waals surface area contributed by atoms with Gasteiger partial charge in [0.15, 0.2) is 0 Å². The Balaban J connectivity index is 2.13. The molecule has 0 aliphatic rings. The first-order chi connectivity index (χ1) is 10.2. The third kappa shape index (κ3) is 2.77. The van der Waals surface area contributed by atoms with E-state index in [2.05, 4.69) is 53.0 Å². The maximum atomic E-state index is 6.49. The molecule has 0 saturated carbocycles. The number of benzene rings is 2. The summed E-state index contributed by atoms with van der Waals surface area (Å²) in [6.45, 7) is 2.32. The van der Waals surface area contributed by atoms with Crippen LogP contribution in [0, 0.1) is 0 Å². The van der Waals surface area contributed by atoms with Crippen LogP contribution in [0.5, 0.6) is 0 Å². The molecule has 21 heavy (non-hydrogen) atoms. The van der Waals surface area contributed by atoms with E-state index in [1.807, 2.05) is 22.9 Å². The molecule has 3 aromatic rings. The highest BCUT2D eigenvalue weighted by Gasteiger charge is 2.34. The molecule has 3 rings (SSSR count). The molecule has 0 radical (unpaired) electrons. The predicted octanol–water partition coefficient (Wildman–Crippen LogP) is 2.36. The second-order valence-electron chi connectivity index (χ2n) is 5.27. The summed E-state index contributed by atoms with van der Waals surface area (Å²) in [5.74, 6) is 0. The summed E-state index contributed by atoms with van der Waals surface area (Å²) in [6, 6.07) is 18.7. The van der Waals surface area contributed by atoms with Crippen molar-refractivity contribution in [3.63, 3.8) is 0 Å². The second kappa shape index (κ2) is 5.83. The third-order valence-electron chi connectivity index (χ3n) is 3.82. The van der Waals surface area contributed by atoms with Gasteiger partial charge >= 0.3 is 0 Å². The summed E-state index contributed by atoms with van der Waals surface area (Å²) >= 11 is 6.49. The molecule has 5 heteroatoms. The van der Waals surface area contributed by atoms with Crippen molar-refractivity contribution in [2.24, 2.45) is 0 Å². The zero-order chi connectivity index (χ0) is 14.7. The van der Waals surface area contributed by atoms with Gasteiger partial charge in [0, 0.05) is 11.2 Å². The topological polar surface area (TPSA) is 30.7 Å². The number of nitrogens with zero attached hydrogens (tertiary/aromatic N) is 3. The lowest BCUT2D eigenvalue weighted by Crippen LogP contribution is -2.59. The summed E-state index contributed by atoms with van der Waals surface area (Å²) in [5.41, 5.74) is 0. The Morgan fingerprint density at radius 2 is 1.76 bits per heavy atom. The number of rotatable bonds is 4. The molecule has 2 aromatic carbocycles. The fraction of sp³-hybridized carbons (Fsp3) is 0.125. The van der Waals surface area contributed by atoms with Gasteiger partial charge in [-0.3, -0.25) is 4.68 Å². The Hall–Kier alpha value is -1.91. The van der Waals surface area contributed by atoms with Crippen molar-refractivity contribution < 1.29 is 0 Å². The monoisotopic (exact) mass is 313 g/mol. The van der Waals surface area contributed by atoms with Gasteiger partial charge < -0.3 is 0 Å². The van der Waals surface area contributed by atoms with E-state index in [0.29, 0.717) is 0 Å². The molecule has 0 spiro atoms. The molecule has 0 N–H and O–H groups in total. The van der Waals surface area contributed by atoms with E-state index >= 15 is 0 Å². The Labute approximate surface area is 130 Å². The minimum atomic E-state index is -2.02. The number of aromatic nitrogens is 3. The maximum absolute atomic E-state index is 6.49. The van der Waals surface area contributed by atoms with Crippen LogP contribution in [0.1, 0.15) is 0 Å². The first-order valence-electron chi connectivity index (χ1n) is 6.83. The molecule has 0 aliphatic heterocycles. The SMILES string of the molecule is C[Si](Cn1cncn1)(c1ccccc1)c1ccccc1Cl. The molecule has 0 saturated heterocycles. The smallest absolute Gasteiger partial charge is 0.139 e. The van der Waals surface area contributed by atoms with Crippen LogP contribution < -0.4 is 10.4 Å². The third-order valence-corrected chi connectivity index (χ3v) is 8.50. The van der Waals surface area contributed by atoms with E-state index in [1.165, 1.54) is 10.4 Å². The van der Waals surface area contributed by atoms with Crippen LogP contribution in [0.2, 0.25) is 11.6 Å². The van der Waals surface area contributed by atoms with Crippen LogP contribution in [-0.2, 0) is 6.17 Å². The van der Waals surface area contributed by atoms with Crippen molar-refractivity contribution in [1.29, 1.82) is 0 Å². The lowest BCUT2D eigenvalue weighted by Gasteiger charge is -2.29. The van der Waals surface area contributed by atoms with Crippen molar-refractivity contribution in [2.45, 2.75) is 12.7 Å². The molecule has 0 fully saturated rings. The van der Waals surface area contributed by atoms with Gasteiger partial charge in [-0.15, -0.1) is 0 Å². The average Bonchev–Trinajstić information content (AvgIpc) is 3.01. The van der Waals surface area contributed by atoms with Crippen molar-refractivity contribution >= 4 is 30.0 Å². The highest BCUT2D eigenvalue weighted by atomic mass is 35.5. The molecule has 106 valence electrons. The molecule has 1 unspecified atom stereocenters. The first-order valence-corrected chi connectivity index (χ1v) is 9.91. The van der Waals surface area contributed by atoms with Crippen molar-refractivity contribution in [2.75, 3.05) is 0 Å². The molecule has 0 aliphatic carbocycles. The summed E-state index contributed by atoms with van der Waals surface area (Å²) in [4.78, 5) is 4.06. The number of hydrogen-bond acceptors (Lipinski definition) is 2. The van der Waals surface area contributed by atoms with Gasteiger partial charge in [-0.25, -0.2) is 4.98 Å². The van der Waals surface area contributed by atoms with Gasteiger partial charge in [0.2, 0.25) is 0 Å². The molecule has 1 heterocycles. The van der Waals surface area contributed by atoms with Crippen LogP contribution in [0.15, 0.2) is 67.3 Å². The van der Waals surface area contributed by atoms with Gasteiger partial charge in [-0.05, 0) is 11.3 Å². The van der Waals surface area contributed by atoms with Gasteiger partial charge in [-0.1, -0.05) is 71.9 Å². The first kappa shape index (κ1) is 14.0. The quantitative estimate of drug-likeness (QED) is 0.692. The highest BCUT2D eigenvalue weighted by molar-refractivity contribution is 7.01. The summed E-state index contributed by atoms with van der Waals surface area (Å²) in [6.07, 6.45) is 4.16. The minimum Gasteiger partial charge on any atom is -0.255 e. The fourth-order valence-electron chi connectivity index (χ4n) is 2.69. The Morgan fingerprint density at radius 3 is 2.43 bits per heavy atom. The highest BCUT2D eigenvalue weighted by Crippen LogP contribution is 2.14. The average molecular weight is 314 g/mol. The van der Waals surface area contributed by atoms with Crippen LogP contribution in [0.4, 0.5) is 0 Å². The zero-order valence-corrected chi connectivity index (χ0v) is 13.5. The molecule has 1 aromatic heterocycles. The standard InChI is InChI=1S/C16H16ClN3Si/c1-21(13-20-12-18-11-19-20,14-7-3-2-4-8-14)16-10-6-5-9-15(16)17/h2-12H,13H2,1H3. The van der Waals surface area contributed by atoms with Gasteiger partial charge in [-0.2, -0.15) is 5.10 Å². The summed E-state index contributed by atoms with van der Waals surface area (Å²) in [7, 11) is -2.02. The van der Waals surface area contributed by atoms with Crippen LogP contribution in [0.25, 0.3) is 0 Å². The summed E-state index contributed by atoms with van der Waals surface area (Å²) in [5, 5.41) is 7.68. The normalized spacial score (nSPS) is 13.8. The maximum Gasteiger partial charge on any atom is 0.139 e. The fourth-order valence-corrected chi connectivity index (χ4v) is 6.92. The van der Waals surface area contributed by atoms with Crippen LogP contribution >= 0.6 is 11.6 Å². The van der Waals surface area contributed by atoms with Crippen molar-refractivity contribution in [1.82, 2.24) is 14.8 Å². The minimum absolute atomic E-state index is 0.820. The Kier molecular flexibility index (Phi) is 3.90. The van der Waals surface area contributed by atoms with Crippen LogP contribution in [-0.4, -0.2) is 22.8 Å². The van der Waals surface area contributed by atoms with Crippen LogP contribution in [0.3, 0.4) is 0 Å². The van der Waals surface area contributed by atoms with Crippen molar-refractivity contribution in [3.05, 3.63) is 72.3 Å². The van der Waals surface area contributed by atoms with Crippen molar-refractivity contribution in [3.8, 4) is 0 Å². The summed E-state index contributed by atoms with van der Waals surface area (Å²) < 4.78 is 1.91. The molecular weight excluding hydrogens is 298 g/mol. The van der Waals surface area contributed by atoms with E-state index in [0.717, 1.165) is 11.2 Å². The van der Waals surface area contributed by atoms with Gasteiger partial charge in [0.25, 0.3) is 0 Å². The number of halogens is 1. The predicted molar refractivity (Wildman–Crippen MR) is 88.8 cm³/mol. The largest absolute Gasteiger partial charge is 0.255 e. The lowest BCUT2D eigenvalue weighted by molar-refractivity contribution is 0.727. The van der Waals surface area contributed by atoms with E-state index in [1.54, 1.807) is 12.7 Å². The Morgan fingerprint density at radius 1 is 1.05 bits per heavy atom. The van der Waals surface area contributed by atoms with Gasteiger partial charge in [0.05, 0.1) is 0 Å². The van der Waals surface area contributed by atoms with E-state index in [4.69, 9.17) is 11.6 Å². The number of hydrogen-bond donors (Lipinski definition) is 0. The molecular formula is C16H16ClN3Si. The second-order valence-corrected chi connectivity index (χ2v) is 9.77. The molecule has 3 nitrogen and oxygen atoms in total. The van der Waals surface area contributed by atoms with E-state index < -0.39 is 8.07 Å². The van der Waals surface area contributed by atoms with Gasteiger partial charge in [0.1, 0.15) is 20.7 Å². The molecule has 1 atom stereocenters. The Bertz CT molecular complexity index is 715. The lowest BCUT2D eigenvalue weighted by atomic mass is 10.4.